The van der Waals surface area contributed by atoms with Crippen molar-refractivity contribution in [3.63, 3.8) is 0 Å². The van der Waals surface area contributed by atoms with E-state index in [9.17, 15) is 13.2 Å². The predicted octanol–water partition coefficient (Wildman–Crippen LogP) is 3.86. The quantitative estimate of drug-likeness (QED) is 0.827. The Morgan fingerprint density at radius 2 is 2.11 bits per heavy atom. The SMILES string of the molecule is CNCCC=Cc1ccc(OC(F)(F)F)cc1Cl. The third kappa shape index (κ3) is 5.42. The number of nitrogens with one attached hydrogen (secondary N) is 1. The van der Waals surface area contributed by atoms with Crippen molar-refractivity contribution >= 4 is 17.7 Å². The number of hydrogen-bond donors (Lipinski definition) is 1. The Hall–Kier alpha value is -1.20. The van der Waals surface area contributed by atoms with Gasteiger partial charge in [-0.2, -0.15) is 0 Å². The molecule has 0 saturated heterocycles. The Bertz CT molecular complexity index is 418. The highest BCUT2D eigenvalue weighted by Crippen LogP contribution is 2.28. The summed E-state index contributed by atoms with van der Waals surface area (Å²) in [6.45, 7) is 0.823. The van der Waals surface area contributed by atoms with E-state index in [1.807, 2.05) is 13.1 Å². The van der Waals surface area contributed by atoms with Crippen molar-refractivity contribution in [2.45, 2.75) is 12.8 Å². The van der Waals surface area contributed by atoms with Gasteiger partial charge < -0.3 is 10.1 Å². The first-order valence-corrected chi connectivity index (χ1v) is 5.66. The lowest BCUT2D eigenvalue weighted by molar-refractivity contribution is -0.274. The van der Waals surface area contributed by atoms with Crippen LogP contribution < -0.4 is 10.1 Å². The van der Waals surface area contributed by atoms with Gasteiger partial charge in [0.05, 0.1) is 5.02 Å². The van der Waals surface area contributed by atoms with E-state index in [1.54, 1.807) is 6.08 Å². The fraction of sp³-hybridized carbons (Fsp3) is 0.333. The van der Waals surface area contributed by atoms with Gasteiger partial charge in [0, 0.05) is 0 Å². The summed E-state index contributed by atoms with van der Waals surface area (Å²) in [5, 5.41) is 3.19. The minimum atomic E-state index is -4.70. The van der Waals surface area contributed by atoms with Crippen LogP contribution in [0.2, 0.25) is 5.02 Å². The van der Waals surface area contributed by atoms with Gasteiger partial charge in [-0.05, 0) is 43.8 Å². The van der Waals surface area contributed by atoms with Gasteiger partial charge in [0.25, 0.3) is 0 Å². The van der Waals surface area contributed by atoms with Gasteiger partial charge in [0.1, 0.15) is 5.75 Å². The maximum absolute atomic E-state index is 12.0. The standard InChI is InChI=1S/C12H13ClF3NO/c1-17-7-3-2-4-9-5-6-10(8-11(9)13)18-12(14,15)16/h2,4-6,8,17H,3,7H2,1H3. The molecule has 0 aliphatic heterocycles. The molecule has 6 heteroatoms. The van der Waals surface area contributed by atoms with Gasteiger partial charge in [0.15, 0.2) is 0 Å². The Kier molecular flexibility index (Phi) is 5.50. The van der Waals surface area contributed by atoms with Gasteiger partial charge >= 0.3 is 6.36 Å². The van der Waals surface area contributed by atoms with Crippen molar-refractivity contribution in [1.29, 1.82) is 0 Å². The lowest BCUT2D eigenvalue weighted by Crippen LogP contribution is -2.17. The van der Waals surface area contributed by atoms with Crippen molar-refractivity contribution in [2.75, 3.05) is 13.6 Å². The molecule has 0 aromatic heterocycles. The van der Waals surface area contributed by atoms with Gasteiger partial charge in [-0.1, -0.05) is 23.8 Å². The Morgan fingerprint density at radius 1 is 1.39 bits per heavy atom. The number of halogens is 4. The van der Waals surface area contributed by atoms with E-state index in [0.717, 1.165) is 19.0 Å². The predicted molar refractivity (Wildman–Crippen MR) is 65.7 cm³/mol. The molecule has 0 heterocycles. The zero-order valence-electron chi connectivity index (χ0n) is 9.72. The fourth-order valence-electron chi connectivity index (χ4n) is 1.28. The number of alkyl halides is 3. The summed E-state index contributed by atoms with van der Waals surface area (Å²) in [5.74, 6) is -0.320. The van der Waals surface area contributed by atoms with Crippen LogP contribution in [0.5, 0.6) is 5.75 Å². The monoisotopic (exact) mass is 279 g/mol. The van der Waals surface area contributed by atoms with E-state index >= 15 is 0 Å². The minimum Gasteiger partial charge on any atom is -0.406 e. The van der Waals surface area contributed by atoms with E-state index in [2.05, 4.69) is 10.1 Å². The fourth-order valence-corrected chi connectivity index (χ4v) is 1.51. The highest BCUT2D eigenvalue weighted by atomic mass is 35.5. The topological polar surface area (TPSA) is 21.3 Å². The molecular formula is C12H13ClF3NO. The molecule has 0 unspecified atom stereocenters. The first kappa shape index (κ1) is 14.9. The van der Waals surface area contributed by atoms with Gasteiger partial charge in [-0.25, -0.2) is 0 Å². The molecule has 1 aromatic carbocycles. The largest absolute Gasteiger partial charge is 0.573 e. The van der Waals surface area contributed by atoms with E-state index in [4.69, 9.17) is 11.6 Å². The molecule has 0 aliphatic rings. The van der Waals surface area contributed by atoms with Crippen LogP contribution >= 0.6 is 11.6 Å². The second-order valence-corrected chi connectivity index (χ2v) is 3.93. The maximum atomic E-state index is 12.0. The molecule has 18 heavy (non-hydrogen) atoms. The lowest BCUT2D eigenvalue weighted by Gasteiger charge is -2.09. The van der Waals surface area contributed by atoms with Crippen LogP contribution in [0.15, 0.2) is 24.3 Å². The van der Waals surface area contributed by atoms with Crippen LogP contribution in [-0.2, 0) is 0 Å². The molecule has 0 aliphatic carbocycles. The first-order chi connectivity index (χ1) is 8.42. The lowest BCUT2D eigenvalue weighted by atomic mass is 10.2. The van der Waals surface area contributed by atoms with Crippen LogP contribution in [0.3, 0.4) is 0 Å². The van der Waals surface area contributed by atoms with Gasteiger partial charge in [-0.15, -0.1) is 13.2 Å². The Morgan fingerprint density at radius 3 is 2.67 bits per heavy atom. The summed E-state index contributed by atoms with van der Waals surface area (Å²) < 4.78 is 39.7. The van der Waals surface area contributed by atoms with E-state index < -0.39 is 6.36 Å². The summed E-state index contributed by atoms with van der Waals surface area (Å²) in [5.41, 5.74) is 0.655. The average Bonchev–Trinajstić information content (AvgIpc) is 2.24. The van der Waals surface area contributed by atoms with Crippen LogP contribution in [-0.4, -0.2) is 20.0 Å². The van der Waals surface area contributed by atoms with Crippen molar-refractivity contribution in [1.82, 2.24) is 5.32 Å². The highest BCUT2D eigenvalue weighted by molar-refractivity contribution is 6.32. The summed E-state index contributed by atoms with van der Waals surface area (Å²) in [4.78, 5) is 0. The molecule has 1 aromatic rings. The maximum Gasteiger partial charge on any atom is 0.573 e. The molecule has 0 amide bonds. The Balaban J connectivity index is 2.71. The molecule has 100 valence electrons. The minimum absolute atomic E-state index is 0.220. The van der Waals surface area contributed by atoms with Crippen LogP contribution in [0.1, 0.15) is 12.0 Å². The van der Waals surface area contributed by atoms with Crippen LogP contribution in [0.25, 0.3) is 6.08 Å². The second kappa shape index (κ2) is 6.66. The Labute approximate surface area is 108 Å². The summed E-state index contributed by atoms with van der Waals surface area (Å²) in [7, 11) is 1.84. The number of benzene rings is 1. The van der Waals surface area contributed by atoms with Gasteiger partial charge in [0.2, 0.25) is 0 Å². The summed E-state index contributed by atoms with van der Waals surface area (Å²) in [6.07, 6.45) is -0.236. The van der Waals surface area contributed by atoms with E-state index in [1.165, 1.54) is 12.1 Å². The third-order valence-electron chi connectivity index (χ3n) is 2.06. The average molecular weight is 280 g/mol. The van der Waals surface area contributed by atoms with Crippen LogP contribution in [0.4, 0.5) is 13.2 Å². The zero-order chi connectivity index (χ0) is 13.6. The van der Waals surface area contributed by atoms with Gasteiger partial charge in [-0.3, -0.25) is 0 Å². The van der Waals surface area contributed by atoms with Crippen molar-refractivity contribution < 1.29 is 17.9 Å². The normalized spacial score (nSPS) is 12.1. The summed E-state index contributed by atoms with van der Waals surface area (Å²) >= 11 is 5.86. The molecule has 0 spiro atoms. The number of rotatable bonds is 5. The number of hydrogen-bond acceptors (Lipinski definition) is 2. The molecule has 1 rings (SSSR count). The van der Waals surface area contributed by atoms with E-state index in [0.29, 0.717) is 5.56 Å². The van der Waals surface area contributed by atoms with Crippen molar-refractivity contribution in [3.05, 3.63) is 34.9 Å². The molecule has 0 radical (unpaired) electrons. The molecule has 1 N–H and O–H groups in total. The third-order valence-corrected chi connectivity index (χ3v) is 2.39. The second-order valence-electron chi connectivity index (χ2n) is 3.53. The number of ether oxygens (including phenoxy) is 1. The molecular weight excluding hydrogens is 267 g/mol. The van der Waals surface area contributed by atoms with Crippen molar-refractivity contribution in [3.8, 4) is 5.75 Å². The molecule has 0 atom stereocenters. The first-order valence-electron chi connectivity index (χ1n) is 5.29. The zero-order valence-corrected chi connectivity index (χ0v) is 10.5. The smallest absolute Gasteiger partial charge is 0.406 e. The summed E-state index contributed by atoms with van der Waals surface area (Å²) in [6, 6.07) is 3.86. The van der Waals surface area contributed by atoms with Crippen LogP contribution in [0, 0.1) is 0 Å². The van der Waals surface area contributed by atoms with Crippen molar-refractivity contribution in [2.24, 2.45) is 0 Å². The molecule has 0 saturated carbocycles. The molecule has 0 bridgehead atoms. The molecule has 0 fully saturated rings. The molecule has 2 nitrogen and oxygen atoms in total. The van der Waals surface area contributed by atoms with E-state index in [-0.39, 0.29) is 10.8 Å². The highest BCUT2D eigenvalue weighted by Gasteiger charge is 2.31.